The number of benzene rings is 1. The monoisotopic (exact) mass is 219 g/mol. The van der Waals surface area contributed by atoms with Crippen molar-refractivity contribution in [2.75, 3.05) is 18.5 Å². The SMILES string of the molecule is CN(CC(C#N)C#N)c1ccc(Cl)cc1. The summed E-state index contributed by atoms with van der Waals surface area (Å²) in [6.07, 6.45) is 0. The average molecular weight is 220 g/mol. The molecule has 0 radical (unpaired) electrons. The molecule has 0 N–H and O–H groups in total. The average Bonchev–Trinajstić information content (AvgIpc) is 2.26. The summed E-state index contributed by atoms with van der Waals surface area (Å²) in [7, 11) is 1.84. The Balaban J connectivity index is 2.70. The van der Waals surface area contributed by atoms with E-state index >= 15 is 0 Å². The van der Waals surface area contributed by atoms with E-state index in [1.165, 1.54) is 0 Å². The van der Waals surface area contributed by atoms with Gasteiger partial charge in [-0.2, -0.15) is 10.5 Å². The Morgan fingerprint density at radius 1 is 1.27 bits per heavy atom. The Labute approximate surface area is 94.1 Å². The molecule has 0 bridgehead atoms. The van der Waals surface area contributed by atoms with Gasteiger partial charge < -0.3 is 4.90 Å². The Kier molecular flexibility index (Phi) is 3.97. The third-order valence-corrected chi connectivity index (χ3v) is 2.29. The first-order valence-electron chi connectivity index (χ1n) is 4.43. The third kappa shape index (κ3) is 3.16. The van der Waals surface area contributed by atoms with Crippen LogP contribution in [0.15, 0.2) is 24.3 Å². The molecule has 4 heteroatoms. The van der Waals surface area contributed by atoms with Crippen molar-refractivity contribution in [1.29, 1.82) is 10.5 Å². The molecule has 1 aromatic carbocycles. The first kappa shape index (κ1) is 11.4. The molecule has 1 aromatic rings. The molecule has 76 valence electrons. The molecule has 0 atom stereocenters. The van der Waals surface area contributed by atoms with Gasteiger partial charge in [0, 0.05) is 24.3 Å². The van der Waals surface area contributed by atoms with Gasteiger partial charge in [-0.05, 0) is 24.3 Å². The Morgan fingerprint density at radius 3 is 2.27 bits per heavy atom. The minimum absolute atomic E-state index is 0.397. The number of anilines is 1. The molecule has 3 nitrogen and oxygen atoms in total. The number of rotatable bonds is 3. The summed E-state index contributed by atoms with van der Waals surface area (Å²) in [5, 5.41) is 18.0. The second-order valence-electron chi connectivity index (χ2n) is 3.17. The normalized spacial score (nSPS) is 9.40. The van der Waals surface area contributed by atoms with Crippen molar-refractivity contribution in [3.8, 4) is 12.1 Å². The summed E-state index contributed by atoms with van der Waals surface area (Å²) >= 11 is 5.75. The molecule has 0 aliphatic heterocycles. The van der Waals surface area contributed by atoms with Gasteiger partial charge in [0.15, 0.2) is 5.92 Å². The molecule has 0 spiro atoms. The quantitative estimate of drug-likeness (QED) is 0.785. The Morgan fingerprint density at radius 2 is 1.80 bits per heavy atom. The van der Waals surface area contributed by atoms with Gasteiger partial charge in [-0.1, -0.05) is 11.6 Å². The molecule has 0 saturated heterocycles. The number of halogens is 1. The van der Waals surface area contributed by atoms with E-state index in [2.05, 4.69) is 0 Å². The zero-order valence-corrected chi connectivity index (χ0v) is 9.07. The van der Waals surface area contributed by atoms with Gasteiger partial charge in [0.05, 0.1) is 12.1 Å². The fraction of sp³-hybridized carbons (Fsp3) is 0.273. The molecule has 15 heavy (non-hydrogen) atoms. The van der Waals surface area contributed by atoms with E-state index in [0.717, 1.165) is 5.69 Å². The molecule has 0 unspecified atom stereocenters. The molecule has 0 aliphatic rings. The minimum atomic E-state index is -0.606. The molecular weight excluding hydrogens is 210 g/mol. The standard InChI is InChI=1S/C11H10ClN3/c1-15(8-9(6-13)7-14)11-4-2-10(12)3-5-11/h2-5,9H,8H2,1H3. The fourth-order valence-corrected chi connectivity index (χ4v) is 1.31. The van der Waals surface area contributed by atoms with Gasteiger partial charge in [-0.3, -0.25) is 0 Å². The van der Waals surface area contributed by atoms with Crippen LogP contribution >= 0.6 is 11.6 Å². The maximum atomic E-state index is 8.65. The van der Waals surface area contributed by atoms with Crippen LogP contribution in [0.5, 0.6) is 0 Å². The van der Waals surface area contributed by atoms with E-state index in [-0.39, 0.29) is 0 Å². The van der Waals surface area contributed by atoms with Crippen molar-refractivity contribution >= 4 is 17.3 Å². The lowest BCUT2D eigenvalue weighted by atomic mass is 10.2. The maximum Gasteiger partial charge on any atom is 0.150 e. The predicted molar refractivity (Wildman–Crippen MR) is 59.4 cm³/mol. The predicted octanol–water partition coefficient (Wildman–Crippen LogP) is 2.44. The van der Waals surface area contributed by atoms with E-state index in [1.54, 1.807) is 12.1 Å². The van der Waals surface area contributed by atoms with Crippen LogP contribution < -0.4 is 4.90 Å². The van der Waals surface area contributed by atoms with Crippen LogP contribution in [0.3, 0.4) is 0 Å². The number of nitrogens with zero attached hydrogens (tertiary/aromatic N) is 3. The highest BCUT2D eigenvalue weighted by atomic mass is 35.5. The van der Waals surface area contributed by atoms with Crippen LogP contribution in [0.1, 0.15) is 0 Å². The van der Waals surface area contributed by atoms with Gasteiger partial charge in [-0.15, -0.1) is 0 Å². The molecule has 0 aromatic heterocycles. The van der Waals surface area contributed by atoms with Gasteiger partial charge >= 0.3 is 0 Å². The molecule has 0 fully saturated rings. The Hall–Kier alpha value is -1.71. The van der Waals surface area contributed by atoms with Crippen LogP contribution in [-0.2, 0) is 0 Å². The lowest BCUT2D eigenvalue weighted by Crippen LogP contribution is -2.23. The van der Waals surface area contributed by atoms with Gasteiger partial charge in [0.1, 0.15) is 0 Å². The molecular formula is C11H10ClN3. The maximum absolute atomic E-state index is 8.65. The molecule has 0 heterocycles. The summed E-state index contributed by atoms with van der Waals surface area (Å²) in [5.41, 5.74) is 0.940. The molecule has 0 saturated carbocycles. The summed E-state index contributed by atoms with van der Waals surface area (Å²) < 4.78 is 0. The van der Waals surface area contributed by atoms with Gasteiger partial charge in [0.2, 0.25) is 0 Å². The number of hydrogen-bond donors (Lipinski definition) is 0. The van der Waals surface area contributed by atoms with Crippen LogP contribution in [-0.4, -0.2) is 13.6 Å². The van der Waals surface area contributed by atoms with Crippen molar-refractivity contribution in [3.05, 3.63) is 29.3 Å². The lowest BCUT2D eigenvalue weighted by Gasteiger charge is -2.19. The van der Waals surface area contributed by atoms with E-state index in [1.807, 2.05) is 36.2 Å². The van der Waals surface area contributed by atoms with Crippen LogP contribution in [0.2, 0.25) is 5.02 Å². The zero-order valence-electron chi connectivity index (χ0n) is 8.31. The Bertz CT molecular complexity index is 385. The minimum Gasteiger partial charge on any atom is -0.372 e. The molecule has 0 amide bonds. The topological polar surface area (TPSA) is 50.8 Å². The fourth-order valence-electron chi connectivity index (χ4n) is 1.19. The molecule has 1 rings (SSSR count). The van der Waals surface area contributed by atoms with Crippen molar-refractivity contribution < 1.29 is 0 Å². The highest BCUT2D eigenvalue weighted by Gasteiger charge is 2.09. The number of nitriles is 2. The van der Waals surface area contributed by atoms with Gasteiger partial charge in [0.25, 0.3) is 0 Å². The van der Waals surface area contributed by atoms with Crippen molar-refractivity contribution in [3.63, 3.8) is 0 Å². The largest absolute Gasteiger partial charge is 0.372 e. The second-order valence-corrected chi connectivity index (χ2v) is 3.60. The number of hydrogen-bond acceptors (Lipinski definition) is 3. The first-order valence-corrected chi connectivity index (χ1v) is 4.81. The zero-order chi connectivity index (χ0) is 11.3. The van der Waals surface area contributed by atoms with Crippen molar-refractivity contribution in [2.24, 2.45) is 5.92 Å². The summed E-state index contributed by atoms with van der Waals surface area (Å²) in [5.74, 6) is -0.606. The summed E-state index contributed by atoms with van der Waals surface area (Å²) in [6.45, 7) is 0.397. The summed E-state index contributed by atoms with van der Waals surface area (Å²) in [4.78, 5) is 1.85. The second kappa shape index (κ2) is 5.24. The van der Waals surface area contributed by atoms with Crippen LogP contribution in [0, 0.1) is 28.6 Å². The van der Waals surface area contributed by atoms with Crippen LogP contribution in [0.25, 0.3) is 0 Å². The van der Waals surface area contributed by atoms with E-state index in [9.17, 15) is 0 Å². The third-order valence-electron chi connectivity index (χ3n) is 2.04. The van der Waals surface area contributed by atoms with Gasteiger partial charge in [-0.25, -0.2) is 0 Å². The van der Waals surface area contributed by atoms with E-state index in [4.69, 9.17) is 22.1 Å². The smallest absolute Gasteiger partial charge is 0.150 e. The van der Waals surface area contributed by atoms with Crippen molar-refractivity contribution in [2.45, 2.75) is 0 Å². The first-order chi connectivity index (χ1) is 7.17. The summed E-state index contributed by atoms with van der Waals surface area (Å²) in [6, 6.07) is 11.1. The highest BCUT2D eigenvalue weighted by molar-refractivity contribution is 6.30. The van der Waals surface area contributed by atoms with Crippen LogP contribution in [0.4, 0.5) is 5.69 Å². The van der Waals surface area contributed by atoms with E-state index in [0.29, 0.717) is 11.6 Å². The van der Waals surface area contributed by atoms with E-state index < -0.39 is 5.92 Å². The molecule has 0 aliphatic carbocycles. The van der Waals surface area contributed by atoms with Crippen molar-refractivity contribution in [1.82, 2.24) is 0 Å². The lowest BCUT2D eigenvalue weighted by molar-refractivity contribution is 0.790. The highest BCUT2D eigenvalue weighted by Crippen LogP contribution is 2.17.